The summed E-state index contributed by atoms with van der Waals surface area (Å²) in [7, 11) is 0. The zero-order valence-electron chi connectivity index (χ0n) is 14.6. The molecule has 0 fully saturated rings. The molecular formula is C20H24N2O4. The summed E-state index contributed by atoms with van der Waals surface area (Å²) in [5, 5.41) is 9.19. The summed E-state index contributed by atoms with van der Waals surface area (Å²) in [6.07, 6.45) is 4.12. The largest absolute Gasteiger partial charge is 0.478 e. The Morgan fingerprint density at radius 3 is 2.23 bits per heavy atom. The Labute approximate surface area is 152 Å². The van der Waals surface area contributed by atoms with E-state index in [4.69, 9.17) is 16.2 Å². The monoisotopic (exact) mass is 356 g/mol. The summed E-state index contributed by atoms with van der Waals surface area (Å²) >= 11 is 0. The highest BCUT2D eigenvalue weighted by atomic mass is 16.5. The van der Waals surface area contributed by atoms with Crippen molar-refractivity contribution in [3.05, 3.63) is 59.2 Å². The maximum absolute atomic E-state index is 11.8. The summed E-state index contributed by atoms with van der Waals surface area (Å²) in [4.78, 5) is 23.0. The maximum atomic E-state index is 11.8. The molecule has 2 aromatic carbocycles. The molecule has 0 heterocycles. The number of carbonyl (C=O) groups excluding carboxylic acids is 1. The number of nitrogen functional groups attached to an aromatic ring is 2. The highest BCUT2D eigenvalue weighted by Crippen LogP contribution is 2.17. The lowest BCUT2D eigenvalue weighted by Crippen LogP contribution is -2.06. The molecule has 5 N–H and O–H groups in total. The molecule has 0 saturated carbocycles. The van der Waals surface area contributed by atoms with Gasteiger partial charge < -0.3 is 21.3 Å². The highest BCUT2D eigenvalue weighted by Gasteiger charge is 2.10. The third-order valence-electron chi connectivity index (χ3n) is 4.08. The summed E-state index contributed by atoms with van der Waals surface area (Å²) in [5.74, 6) is -1.29. The van der Waals surface area contributed by atoms with Crippen LogP contribution in [0, 0.1) is 0 Å². The Kier molecular flexibility index (Phi) is 7.02. The fourth-order valence-electron chi connectivity index (χ4n) is 2.67. The molecule has 0 bridgehead atoms. The van der Waals surface area contributed by atoms with Crippen molar-refractivity contribution in [1.29, 1.82) is 0 Å². The van der Waals surface area contributed by atoms with Crippen LogP contribution in [0.4, 0.5) is 11.4 Å². The van der Waals surface area contributed by atoms with Crippen molar-refractivity contribution in [3.8, 4) is 0 Å². The van der Waals surface area contributed by atoms with Crippen LogP contribution in [0.1, 0.15) is 52.0 Å². The van der Waals surface area contributed by atoms with Gasteiger partial charge >= 0.3 is 11.9 Å². The molecule has 0 unspecified atom stereocenters. The molecule has 26 heavy (non-hydrogen) atoms. The van der Waals surface area contributed by atoms with Gasteiger partial charge in [-0.1, -0.05) is 12.8 Å². The van der Waals surface area contributed by atoms with Gasteiger partial charge in [-0.05, 0) is 67.3 Å². The first-order chi connectivity index (χ1) is 12.5. The molecular weight excluding hydrogens is 332 g/mol. The molecule has 2 rings (SSSR count). The molecule has 0 aliphatic heterocycles. The van der Waals surface area contributed by atoms with E-state index < -0.39 is 5.97 Å². The van der Waals surface area contributed by atoms with Crippen molar-refractivity contribution >= 4 is 23.3 Å². The molecule has 6 nitrogen and oxygen atoms in total. The standard InChI is InChI=1S/C20H24N2O4/c21-16-8-6-14(7-9-16)20(25)26-12-4-2-1-3-5-15-13-17(22)10-11-18(15)19(23)24/h6-11,13H,1-5,12,21-22H2,(H,23,24). The van der Waals surface area contributed by atoms with Gasteiger partial charge in [0.25, 0.3) is 0 Å². The van der Waals surface area contributed by atoms with Crippen molar-refractivity contribution in [2.75, 3.05) is 18.1 Å². The van der Waals surface area contributed by atoms with Crippen LogP contribution in [-0.4, -0.2) is 23.7 Å². The minimum absolute atomic E-state index is 0.302. The molecule has 0 atom stereocenters. The molecule has 0 amide bonds. The number of carbonyl (C=O) groups is 2. The fourth-order valence-corrected chi connectivity index (χ4v) is 2.67. The highest BCUT2D eigenvalue weighted by molar-refractivity contribution is 5.90. The van der Waals surface area contributed by atoms with E-state index >= 15 is 0 Å². The van der Waals surface area contributed by atoms with Crippen molar-refractivity contribution in [2.45, 2.75) is 32.1 Å². The van der Waals surface area contributed by atoms with E-state index in [1.165, 1.54) is 0 Å². The van der Waals surface area contributed by atoms with Gasteiger partial charge in [0.2, 0.25) is 0 Å². The number of hydrogen-bond acceptors (Lipinski definition) is 5. The predicted octanol–water partition coefficient (Wildman–Crippen LogP) is 3.51. The number of ether oxygens (including phenoxy) is 1. The number of unbranched alkanes of at least 4 members (excludes halogenated alkanes) is 3. The third kappa shape index (κ3) is 5.81. The molecule has 6 heteroatoms. The van der Waals surface area contributed by atoms with Gasteiger partial charge in [-0.25, -0.2) is 9.59 Å². The zero-order chi connectivity index (χ0) is 18.9. The van der Waals surface area contributed by atoms with E-state index in [-0.39, 0.29) is 5.97 Å². The molecule has 2 aromatic rings. The Hall–Kier alpha value is -3.02. The fraction of sp³-hybridized carbons (Fsp3) is 0.300. The third-order valence-corrected chi connectivity index (χ3v) is 4.08. The minimum atomic E-state index is -0.936. The lowest BCUT2D eigenvalue weighted by atomic mass is 10.00. The van der Waals surface area contributed by atoms with E-state index in [1.807, 2.05) is 0 Å². The van der Waals surface area contributed by atoms with E-state index in [0.29, 0.717) is 35.5 Å². The summed E-state index contributed by atoms with van der Waals surface area (Å²) in [5.41, 5.74) is 14.0. The average Bonchev–Trinajstić information content (AvgIpc) is 2.61. The molecule has 0 aliphatic rings. The first kappa shape index (κ1) is 19.3. The number of carboxylic acid groups (broad SMARTS) is 1. The van der Waals surface area contributed by atoms with Crippen molar-refractivity contribution in [2.24, 2.45) is 0 Å². The van der Waals surface area contributed by atoms with Crippen molar-refractivity contribution < 1.29 is 19.4 Å². The van der Waals surface area contributed by atoms with Crippen molar-refractivity contribution in [3.63, 3.8) is 0 Å². The van der Waals surface area contributed by atoms with Crippen LogP contribution in [0.25, 0.3) is 0 Å². The van der Waals surface area contributed by atoms with E-state index in [1.54, 1.807) is 42.5 Å². The number of hydrogen-bond donors (Lipinski definition) is 3. The van der Waals surface area contributed by atoms with Crippen LogP contribution < -0.4 is 11.5 Å². The molecule has 138 valence electrons. The van der Waals surface area contributed by atoms with Crippen LogP contribution in [0.2, 0.25) is 0 Å². The van der Waals surface area contributed by atoms with Crippen molar-refractivity contribution in [1.82, 2.24) is 0 Å². The lowest BCUT2D eigenvalue weighted by Gasteiger charge is -2.08. The summed E-state index contributed by atoms with van der Waals surface area (Å²) in [6, 6.07) is 11.5. The normalized spacial score (nSPS) is 10.5. The van der Waals surface area contributed by atoms with E-state index in [0.717, 1.165) is 31.2 Å². The summed E-state index contributed by atoms with van der Waals surface area (Å²) < 4.78 is 5.23. The van der Waals surface area contributed by atoms with E-state index in [9.17, 15) is 14.7 Å². The zero-order valence-corrected chi connectivity index (χ0v) is 14.6. The van der Waals surface area contributed by atoms with Crippen LogP contribution in [0.15, 0.2) is 42.5 Å². The quantitative estimate of drug-likeness (QED) is 0.360. The number of benzene rings is 2. The average molecular weight is 356 g/mol. The Morgan fingerprint density at radius 1 is 0.885 bits per heavy atom. The van der Waals surface area contributed by atoms with E-state index in [2.05, 4.69) is 0 Å². The molecule has 0 saturated heterocycles. The number of carboxylic acids is 1. The number of nitrogens with two attached hydrogens (primary N) is 2. The second-order valence-corrected chi connectivity index (χ2v) is 6.14. The Morgan fingerprint density at radius 2 is 1.54 bits per heavy atom. The number of anilines is 2. The molecule has 0 radical (unpaired) electrons. The van der Waals surface area contributed by atoms with Crippen LogP contribution >= 0.6 is 0 Å². The number of rotatable bonds is 9. The first-order valence-corrected chi connectivity index (χ1v) is 8.61. The Bertz CT molecular complexity index is 757. The second-order valence-electron chi connectivity index (χ2n) is 6.14. The smallest absolute Gasteiger partial charge is 0.338 e. The topological polar surface area (TPSA) is 116 Å². The maximum Gasteiger partial charge on any atom is 0.338 e. The van der Waals surface area contributed by atoms with Crippen LogP contribution in [0.3, 0.4) is 0 Å². The number of aryl methyl sites for hydroxylation is 1. The lowest BCUT2D eigenvalue weighted by molar-refractivity contribution is 0.0497. The van der Waals surface area contributed by atoms with Gasteiger partial charge in [0.05, 0.1) is 17.7 Å². The van der Waals surface area contributed by atoms with Gasteiger partial charge in [-0.2, -0.15) is 0 Å². The predicted molar refractivity (Wildman–Crippen MR) is 101 cm³/mol. The van der Waals surface area contributed by atoms with Crippen LogP contribution in [0.5, 0.6) is 0 Å². The van der Waals surface area contributed by atoms with Gasteiger partial charge in [0.1, 0.15) is 0 Å². The minimum Gasteiger partial charge on any atom is -0.478 e. The number of aromatic carboxylic acids is 1. The second kappa shape index (κ2) is 9.46. The molecule has 0 spiro atoms. The SMILES string of the molecule is Nc1ccc(C(=O)OCCCCCCc2cc(N)ccc2C(=O)O)cc1. The van der Waals surface area contributed by atoms with Gasteiger partial charge in [0, 0.05) is 11.4 Å². The van der Waals surface area contributed by atoms with Gasteiger partial charge in [0.15, 0.2) is 0 Å². The number of esters is 1. The van der Waals surface area contributed by atoms with Gasteiger partial charge in [-0.3, -0.25) is 0 Å². The van der Waals surface area contributed by atoms with Gasteiger partial charge in [-0.15, -0.1) is 0 Å². The Balaban J connectivity index is 1.65. The summed E-state index contributed by atoms with van der Waals surface area (Å²) in [6.45, 7) is 0.363. The van der Waals surface area contributed by atoms with Crippen LogP contribution in [-0.2, 0) is 11.2 Å². The first-order valence-electron chi connectivity index (χ1n) is 8.61. The molecule has 0 aromatic heterocycles. The molecule has 0 aliphatic carbocycles.